The van der Waals surface area contributed by atoms with Gasteiger partial charge in [-0.05, 0) is 30.3 Å². The van der Waals surface area contributed by atoms with Crippen LogP contribution in [0.4, 0.5) is 37.4 Å². The van der Waals surface area contributed by atoms with Crippen molar-refractivity contribution in [1.29, 1.82) is 0 Å². The summed E-state index contributed by atoms with van der Waals surface area (Å²) in [5.41, 5.74) is -1.07. The number of halogens is 6. The zero-order valence-electron chi connectivity index (χ0n) is 16.9. The summed E-state index contributed by atoms with van der Waals surface area (Å²) in [6, 6.07) is 7.52. The quantitative estimate of drug-likeness (QED) is 0.307. The Bertz CT molecular complexity index is 1410. The van der Waals surface area contributed by atoms with E-state index >= 15 is 0 Å². The minimum atomic E-state index is -5.01. The Hall–Kier alpha value is -4.14. The third kappa shape index (κ3) is 5.68. The van der Waals surface area contributed by atoms with E-state index in [1.807, 2.05) is 0 Å². The van der Waals surface area contributed by atoms with Crippen LogP contribution < -0.4 is 15.4 Å². The van der Waals surface area contributed by atoms with Crippen LogP contribution in [0.25, 0.3) is 11.0 Å². The molecule has 15 heteroatoms. The van der Waals surface area contributed by atoms with Crippen LogP contribution in [-0.4, -0.2) is 33.1 Å². The summed E-state index contributed by atoms with van der Waals surface area (Å²) < 4.78 is 80.1. The van der Waals surface area contributed by atoms with Crippen LogP contribution in [0, 0.1) is 0 Å². The molecule has 4 aromatic rings. The highest BCUT2D eigenvalue weighted by Gasteiger charge is 2.33. The van der Waals surface area contributed by atoms with E-state index < -0.39 is 41.2 Å². The van der Waals surface area contributed by atoms with Gasteiger partial charge in [0.15, 0.2) is 5.13 Å². The van der Waals surface area contributed by atoms with E-state index in [4.69, 9.17) is 0 Å². The summed E-state index contributed by atoms with van der Waals surface area (Å²) in [6.07, 6.45) is -8.46. The maximum Gasteiger partial charge on any atom is 0.573 e. The SMILES string of the molecule is O=C(Nc1nc2ccc(C(F)(F)F)cc2[nH]1)c1cnc(NC(=O)c2ccccc2OC(F)(F)F)s1. The number of hydrogen-bond donors (Lipinski definition) is 3. The third-order valence-corrected chi connectivity index (χ3v) is 5.26. The molecule has 2 aromatic carbocycles. The molecule has 0 radical (unpaired) electrons. The van der Waals surface area contributed by atoms with Crippen LogP contribution in [0.2, 0.25) is 0 Å². The topological polar surface area (TPSA) is 109 Å². The number of nitrogens with one attached hydrogen (secondary N) is 3. The molecule has 0 saturated heterocycles. The highest BCUT2D eigenvalue weighted by molar-refractivity contribution is 7.17. The van der Waals surface area contributed by atoms with E-state index in [2.05, 4.69) is 30.3 Å². The van der Waals surface area contributed by atoms with Crippen molar-refractivity contribution in [2.45, 2.75) is 12.5 Å². The summed E-state index contributed by atoms with van der Waals surface area (Å²) in [5.74, 6) is -2.53. The highest BCUT2D eigenvalue weighted by Crippen LogP contribution is 2.31. The maximum absolute atomic E-state index is 12.9. The Morgan fingerprint density at radius 2 is 1.71 bits per heavy atom. The lowest BCUT2D eigenvalue weighted by Crippen LogP contribution is -2.20. The number of benzene rings is 2. The fourth-order valence-electron chi connectivity index (χ4n) is 2.88. The molecule has 2 aromatic heterocycles. The molecule has 3 N–H and O–H groups in total. The minimum absolute atomic E-state index is 0.0171. The predicted octanol–water partition coefficient (Wildman–Crippen LogP) is 5.44. The number of hydrogen-bond acceptors (Lipinski definition) is 6. The molecule has 35 heavy (non-hydrogen) atoms. The summed E-state index contributed by atoms with van der Waals surface area (Å²) in [5, 5.41) is 4.55. The van der Waals surface area contributed by atoms with Crippen molar-refractivity contribution in [2.24, 2.45) is 0 Å². The van der Waals surface area contributed by atoms with E-state index in [1.165, 1.54) is 12.1 Å². The number of carbonyl (C=O) groups excluding carboxylic acids is 2. The monoisotopic (exact) mass is 515 g/mol. The number of imidazole rings is 1. The summed E-state index contributed by atoms with van der Waals surface area (Å²) >= 11 is 0.706. The van der Waals surface area contributed by atoms with Crippen LogP contribution in [0.5, 0.6) is 5.75 Å². The molecule has 0 spiro atoms. The first-order chi connectivity index (χ1) is 16.4. The number of rotatable bonds is 5. The zero-order chi connectivity index (χ0) is 25.4. The number of carbonyl (C=O) groups is 2. The van der Waals surface area contributed by atoms with Gasteiger partial charge in [-0.25, -0.2) is 9.97 Å². The van der Waals surface area contributed by atoms with E-state index in [1.54, 1.807) is 0 Å². The van der Waals surface area contributed by atoms with Gasteiger partial charge in [0.2, 0.25) is 5.95 Å². The Balaban J connectivity index is 1.45. The largest absolute Gasteiger partial charge is 0.573 e. The minimum Gasteiger partial charge on any atom is -0.405 e. The van der Waals surface area contributed by atoms with Gasteiger partial charge in [-0.1, -0.05) is 23.5 Å². The van der Waals surface area contributed by atoms with E-state index in [0.717, 1.165) is 36.5 Å². The van der Waals surface area contributed by atoms with Crippen LogP contribution in [0.1, 0.15) is 25.6 Å². The van der Waals surface area contributed by atoms with Crippen LogP contribution in [0.15, 0.2) is 48.7 Å². The number of aromatic amines is 1. The number of nitrogens with zero attached hydrogens (tertiary/aromatic N) is 2. The van der Waals surface area contributed by atoms with Crippen molar-refractivity contribution in [1.82, 2.24) is 15.0 Å². The second-order valence-corrected chi connectivity index (χ2v) is 7.83. The van der Waals surface area contributed by atoms with Crippen molar-refractivity contribution < 1.29 is 40.7 Å². The molecular weight excluding hydrogens is 504 g/mol. The van der Waals surface area contributed by atoms with Gasteiger partial charge in [0.1, 0.15) is 10.6 Å². The molecule has 8 nitrogen and oxygen atoms in total. The number of fused-ring (bicyclic) bond motifs is 1. The normalized spacial score (nSPS) is 11.9. The van der Waals surface area contributed by atoms with E-state index in [9.17, 15) is 35.9 Å². The van der Waals surface area contributed by atoms with Crippen molar-refractivity contribution in [3.63, 3.8) is 0 Å². The lowest BCUT2D eigenvalue weighted by molar-refractivity contribution is -0.274. The van der Waals surface area contributed by atoms with Crippen LogP contribution in [-0.2, 0) is 6.18 Å². The Kier molecular flexibility index (Phi) is 6.10. The van der Waals surface area contributed by atoms with Gasteiger partial charge < -0.3 is 9.72 Å². The second-order valence-electron chi connectivity index (χ2n) is 6.80. The average molecular weight is 515 g/mol. The summed E-state index contributed by atoms with van der Waals surface area (Å²) in [7, 11) is 0. The average Bonchev–Trinajstić information content (AvgIpc) is 3.38. The first-order valence-electron chi connectivity index (χ1n) is 9.39. The molecule has 2 amide bonds. The van der Waals surface area contributed by atoms with Crippen LogP contribution >= 0.6 is 11.3 Å². The molecule has 0 unspecified atom stereocenters. The van der Waals surface area contributed by atoms with Crippen molar-refractivity contribution in [2.75, 3.05) is 10.6 Å². The number of aromatic nitrogens is 3. The van der Waals surface area contributed by atoms with Gasteiger partial charge in [0.05, 0.1) is 28.4 Å². The molecule has 0 aliphatic rings. The molecule has 0 bridgehead atoms. The predicted molar refractivity (Wildman–Crippen MR) is 112 cm³/mol. The molecule has 4 rings (SSSR count). The number of H-pyrrole nitrogens is 1. The number of thiazole rings is 1. The number of alkyl halides is 6. The fraction of sp³-hybridized carbons (Fsp3) is 0.100. The number of para-hydroxylation sites is 1. The summed E-state index contributed by atoms with van der Waals surface area (Å²) in [6.45, 7) is 0. The van der Waals surface area contributed by atoms with Gasteiger partial charge in [0.25, 0.3) is 11.8 Å². The number of ether oxygens (including phenoxy) is 1. The second kappa shape index (κ2) is 8.90. The third-order valence-electron chi connectivity index (χ3n) is 4.35. The van der Waals surface area contributed by atoms with Gasteiger partial charge in [-0.3, -0.25) is 20.2 Å². The van der Waals surface area contributed by atoms with Gasteiger partial charge in [-0.15, -0.1) is 13.2 Å². The van der Waals surface area contributed by atoms with Crippen molar-refractivity contribution >= 4 is 45.3 Å². The Morgan fingerprint density at radius 1 is 0.971 bits per heavy atom. The lowest BCUT2D eigenvalue weighted by Gasteiger charge is -2.12. The van der Waals surface area contributed by atoms with E-state index in [-0.39, 0.29) is 27.0 Å². The Labute approximate surface area is 195 Å². The molecular formula is C20H11F6N5O3S. The molecule has 0 aliphatic heterocycles. The van der Waals surface area contributed by atoms with Crippen molar-refractivity contribution in [3.8, 4) is 5.75 Å². The number of amides is 2. The molecule has 0 aliphatic carbocycles. The molecule has 2 heterocycles. The number of anilines is 2. The Morgan fingerprint density at radius 3 is 2.43 bits per heavy atom. The highest BCUT2D eigenvalue weighted by atomic mass is 32.1. The van der Waals surface area contributed by atoms with E-state index in [0.29, 0.717) is 11.3 Å². The molecule has 0 atom stereocenters. The smallest absolute Gasteiger partial charge is 0.405 e. The molecule has 0 saturated carbocycles. The first-order valence-corrected chi connectivity index (χ1v) is 10.2. The van der Waals surface area contributed by atoms with Crippen molar-refractivity contribution in [3.05, 3.63) is 64.7 Å². The van der Waals surface area contributed by atoms with Crippen LogP contribution in [0.3, 0.4) is 0 Å². The molecule has 182 valence electrons. The standard InChI is InChI=1S/C20H11F6N5O3S/c21-19(22,23)9-5-6-11-12(7-9)29-17(28-11)30-16(33)14-8-27-18(35-14)31-15(32)10-3-1-2-4-13(10)34-20(24,25)26/h1-8H,(H,27,31,32)(H2,28,29,30,33). The maximum atomic E-state index is 12.9. The van der Waals surface area contributed by atoms with Gasteiger partial charge >= 0.3 is 12.5 Å². The zero-order valence-corrected chi connectivity index (χ0v) is 17.7. The lowest BCUT2D eigenvalue weighted by atomic mass is 10.2. The fourth-order valence-corrected chi connectivity index (χ4v) is 3.59. The van der Waals surface area contributed by atoms with Gasteiger partial charge in [0, 0.05) is 0 Å². The molecule has 0 fully saturated rings. The van der Waals surface area contributed by atoms with Gasteiger partial charge in [-0.2, -0.15) is 13.2 Å². The summed E-state index contributed by atoms with van der Waals surface area (Å²) in [4.78, 5) is 35.2. The first kappa shape index (κ1) is 24.0.